The van der Waals surface area contributed by atoms with Crippen LogP contribution in [0.5, 0.6) is 0 Å². The molecule has 0 aromatic carbocycles. The first kappa shape index (κ1) is 23.4. The van der Waals surface area contributed by atoms with Crippen LogP contribution in [0.3, 0.4) is 0 Å². The minimum absolute atomic E-state index is 0.00529. The van der Waals surface area contributed by atoms with Crippen LogP contribution in [0.25, 0.3) is 0 Å². The summed E-state index contributed by atoms with van der Waals surface area (Å²) in [5, 5.41) is 0. The van der Waals surface area contributed by atoms with Gasteiger partial charge in [-0.15, -0.1) is 0 Å². The summed E-state index contributed by atoms with van der Waals surface area (Å²) in [6, 6.07) is 0. The molecule has 0 amide bonds. The van der Waals surface area contributed by atoms with Gasteiger partial charge in [-0.3, -0.25) is 0 Å². The monoisotopic (exact) mass is 472 g/mol. The minimum Gasteiger partial charge on any atom is -0.461 e. The normalized spacial score (nSPS) is 39.1. The molecule has 4 bridgehead atoms. The topological polar surface area (TPSA) is 80.3 Å². The molecule has 5 aliphatic carbocycles. The van der Waals surface area contributed by atoms with Crippen molar-refractivity contribution >= 4 is 11.9 Å². The van der Waals surface area contributed by atoms with E-state index in [4.69, 9.17) is 23.7 Å². The van der Waals surface area contributed by atoms with E-state index in [1.54, 1.807) is 0 Å². The van der Waals surface area contributed by atoms with Crippen LogP contribution in [0.1, 0.15) is 71.1 Å². The second kappa shape index (κ2) is 8.72. The van der Waals surface area contributed by atoms with Crippen LogP contribution in [0.4, 0.5) is 8.78 Å². The molecule has 3 unspecified atom stereocenters. The predicted octanol–water partition coefficient (Wildman–Crippen LogP) is 3.77. The number of carbonyl (C=O) groups excluding carboxylic acids is 2. The lowest BCUT2D eigenvalue weighted by Gasteiger charge is -2.58. The molecule has 0 radical (unpaired) electrons. The highest BCUT2D eigenvalue weighted by Crippen LogP contribution is 2.58. The van der Waals surface area contributed by atoms with Gasteiger partial charge in [-0.05, 0) is 62.7 Å². The molecule has 5 saturated carbocycles. The van der Waals surface area contributed by atoms with Crippen molar-refractivity contribution in [2.24, 2.45) is 17.8 Å². The van der Waals surface area contributed by atoms with Crippen LogP contribution in [-0.2, 0) is 33.3 Å². The predicted molar refractivity (Wildman–Crippen MR) is 110 cm³/mol. The van der Waals surface area contributed by atoms with E-state index in [-0.39, 0.29) is 31.2 Å². The summed E-state index contributed by atoms with van der Waals surface area (Å²) in [5.74, 6) is -5.47. The largest absolute Gasteiger partial charge is 0.461 e. The summed E-state index contributed by atoms with van der Waals surface area (Å²) < 4.78 is 55.4. The zero-order valence-corrected chi connectivity index (χ0v) is 19.2. The molecule has 3 atom stereocenters. The minimum atomic E-state index is -3.49. The molecule has 6 aliphatic rings. The van der Waals surface area contributed by atoms with Gasteiger partial charge in [-0.2, -0.15) is 8.78 Å². The van der Waals surface area contributed by atoms with Crippen molar-refractivity contribution in [2.45, 2.75) is 101 Å². The highest BCUT2D eigenvalue weighted by Gasteiger charge is 2.58. The van der Waals surface area contributed by atoms with Gasteiger partial charge >= 0.3 is 17.9 Å². The van der Waals surface area contributed by atoms with E-state index in [2.05, 4.69) is 0 Å². The standard InChI is InChI=1S/C24H34F2O7/c1-22(25,26)21(28)32-20-16-7-15-8-17(20)11-23(9-15,10-16)30-14-19(27)29-12-18-13-31-24(33-18)5-3-2-4-6-24/h15-18,20H,2-14H2,1H3. The maximum Gasteiger partial charge on any atom is 0.376 e. The third-order valence-corrected chi connectivity index (χ3v) is 8.19. The number of carbonyl (C=O) groups is 2. The van der Waals surface area contributed by atoms with Gasteiger partial charge in [0, 0.05) is 19.8 Å². The average Bonchev–Trinajstić information content (AvgIpc) is 3.14. The second-order valence-electron chi connectivity index (χ2n) is 10.9. The molecule has 1 heterocycles. The molecule has 1 spiro atoms. The van der Waals surface area contributed by atoms with E-state index in [0.29, 0.717) is 32.3 Å². The lowest BCUT2D eigenvalue weighted by atomic mass is 9.53. The zero-order chi connectivity index (χ0) is 23.3. The van der Waals surface area contributed by atoms with Crippen molar-refractivity contribution < 1.29 is 42.1 Å². The van der Waals surface area contributed by atoms with Gasteiger partial charge in [-0.1, -0.05) is 6.42 Å². The number of esters is 2. The summed E-state index contributed by atoms with van der Waals surface area (Å²) in [6.07, 6.45) is 8.18. The molecular formula is C24H34F2O7. The van der Waals surface area contributed by atoms with Gasteiger partial charge in [0.15, 0.2) is 5.79 Å². The fourth-order valence-corrected chi connectivity index (χ4v) is 6.99. The number of ether oxygens (including phenoxy) is 5. The Kier molecular flexibility index (Phi) is 6.19. The number of alkyl halides is 2. The van der Waals surface area contributed by atoms with Crippen molar-refractivity contribution in [3.8, 4) is 0 Å². The zero-order valence-electron chi connectivity index (χ0n) is 19.2. The Morgan fingerprint density at radius 1 is 1.06 bits per heavy atom. The summed E-state index contributed by atoms with van der Waals surface area (Å²) in [4.78, 5) is 24.1. The highest BCUT2D eigenvalue weighted by molar-refractivity contribution is 5.77. The van der Waals surface area contributed by atoms with Crippen molar-refractivity contribution in [3.05, 3.63) is 0 Å². The SMILES string of the molecule is CC(F)(F)C(=O)OC1C2CC3CC1CC(OCC(=O)OCC1COC4(CCCCC4)O1)(C3)C2. The Bertz CT molecular complexity index is 744. The molecule has 186 valence electrons. The number of halogens is 2. The smallest absolute Gasteiger partial charge is 0.376 e. The quantitative estimate of drug-likeness (QED) is 0.522. The first-order chi connectivity index (χ1) is 15.7. The Labute approximate surface area is 192 Å². The number of rotatable bonds is 7. The van der Waals surface area contributed by atoms with Crippen LogP contribution in [-0.4, -0.2) is 61.3 Å². The Hall–Kier alpha value is -1.32. The first-order valence-electron chi connectivity index (χ1n) is 12.4. The van der Waals surface area contributed by atoms with Gasteiger partial charge in [-0.25, -0.2) is 9.59 Å². The van der Waals surface area contributed by atoms with Gasteiger partial charge in [0.25, 0.3) is 0 Å². The van der Waals surface area contributed by atoms with Crippen LogP contribution < -0.4 is 0 Å². The van der Waals surface area contributed by atoms with E-state index < -0.39 is 35.4 Å². The molecule has 0 N–H and O–H groups in total. The summed E-state index contributed by atoms with van der Waals surface area (Å²) in [7, 11) is 0. The molecule has 1 saturated heterocycles. The Balaban J connectivity index is 1.09. The number of hydrogen-bond donors (Lipinski definition) is 0. The van der Waals surface area contributed by atoms with E-state index in [0.717, 1.165) is 44.9 Å². The van der Waals surface area contributed by atoms with Gasteiger partial charge in [0.2, 0.25) is 0 Å². The molecular weight excluding hydrogens is 438 g/mol. The van der Waals surface area contributed by atoms with Crippen molar-refractivity contribution in [1.82, 2.24) is 0 Å². The maximum atomic E-state index is 13.3. The Morgan fingerprint density at radius 3 is 2.42 bits per heavy atom. The van der Waals surface area contributed by atoms with Crippen molar-refractivity contribution in [1.29, 1.82) is 0 Å². The molecule has 7 nitrogen and oxygen atoms in total. The van der Waals surface area contributed by atoms with Crippen LogP contribution in [0.15, 0.2) is 0 Å². The lowest BCUT2D eigenvalue weighted by molar-refractivity contribution is -0.225. The molecule has 1 aliphatic heterocycles. The maximum absolute atomic E-state index is 13.3. The van der Waals surface area contributed by atoms with Crippen LogP contribution >= 0.6 is 0 Å². The lowest BCUT2D eigenvalue weighted by Crippen LogP contribution is -2.59. The van der Waals surface area contributed by atoms with E-state index in [1.807, 2.05) is 0 Å². The molecule has 0 aromatic heterocycles. The molecule has 9 heteroatoms. The van der Waals surface area contributed by atoms with Crippen LogP contribution in [0, 0.1) is 17.8 Å². The van der Waals surface area contributed by atoms with Gasteiger partial charge in [0.05, 0.1) is 12.2 Å². The number of hydrogen-bond acceptors (Lipinski definition) is 7. The van der Waals surface area contributed by atoms with Gasteiger partial charge in [0.1, 0.15) is 25.4 Å². The highest BCUT2D eigenvalue weighted by atomic mass is 19.3. The fourth-order valence-electron chi connectivity index (χ4n) is 6.99. The Morgan fingerprint density at radius 2 is 1.76 bits per heavy atom. The van der Waals surface area contributed by atoms with Crippen LogP contribution in [0.2, 0.25) is 0 Å². The van der Waals surface area contributed by atoms with E-state index in [9.17, 15) is 18.4 Å². The van der Waals surface area contributed by atoms with Crippen molar-refractivity contribution in [2.75, 3.05) is 19.8 Å². The van der Waals surface area contributed by atoms with Gasteiger partial charge < -0.3 is 23.7 Å². The average molecular weight is 473 g/mol. The fraction of sp³-hybridized carbons (Fsp3) is 0.917. The molecule has 33 heavy (non-hydrogen) atoms. The second-order valence-corrected chi connectivity index (χ2v) is 10.9. The van der Waals surface area contributed by atoms with Crippen molar-refractivity contribution in [3.63, 3.8) is 0 Å². The summed E-state index contributed by atoms with van der Waals surface area (Å²) in [5.41, 5.74) is -0.466. The first-order valence-corrected chi connectivity index (χ1v) is 12.4. The van der Waals surface area contributed by atoms with E-state index >= 15 is 0 Å². The van der Waals surface area contributed by atoms with E-state index in [1.165, 1.54) is 6.42 Å². The third-order valence-electron chi connectivity index (χ3n) is 8.19. The molecule has 6 rings (SSSR count). The summed E-state index contributed by atoms with van der Waals surface area (Å²) >= 11 is 0. The molecule has 0 aromatic rings. The summed E-state index contributed by atoms with van der Waals surface area (Å²) in [6.45, 7) is 0.996. The third kappa shape index (κ3) is 4.91. The molecule has 6 fully saturated rings.